The van der Waals surface area contributed by atoms with E-state index in [0.717, 1.165) is 5.69 Å². The van der Waals surface area contributed by atoms with E-state index in [-0.39, 0.29) is 6.04 Å². The Morgan fingerprint density at radius 1 is 1.20 bits per heavy atom. The number of nitrogens with zero attached hydrogens (tertiary/aromatic N) is 2. The van der Waals surface area contributed by atoms with E-state index < -0.39 is 0 Å². The van der Waals surface area contributed by atoms with Gasteiger partial charge in [-0.05, 0) is 32.0 Å². The molecular weight excluding hydrogens is 297 g/mol. The van der Waals surface area contributed by atoms with Crippen molar-refractivity contribution < 1.29 is 0 Å². The monoisotopic (exact) mass is 311 g/mol. The normalized spacial score (nSPS) is 10.7. The summed E-state index contributed by atoms with van der Waals surface area (Å²) >= 11 is 11.8. The number of aromatic nitrogens is 2. The quantitative estimate of drug-likeness (QED) is 0.797. The van der Waals surface area contributed by atoms with Gasteiger partial charge in [0.25, 0.3) is 0 Å². The van der Waals surface area contributed by atoms with Crippen molar-refractivity contribution in [3.05, 3.63) is 34.4 Å². The van der Waals surface area contributed by atoms with Gasteiger partial charge in [-0.25, -0.2) is 4.98 Å². The summed E-state index contributed by atoms with van der Waals surface area (Å²) < 4.78 is 0. The van der Waals surface area contributed by atoms with Gasteiger partial charge < -0.3 is 16.4 Å². The molecule has 0 amide bonds. The van der Waals surface area contributed by atoms with E-state index in [1.54, 1.807) is 24.4 Å². The molecule has 106 valence electrons. The first-order valence-corrected chi connectivity index (χ1v) is 6.82. The van der Waals surface area contributed by atoms with Crippen molar-refractivity contribution in [1.29, 1.82) is 0 Å². The van der Waals surface area contributed by atoms with Gasteiger partial charge in [0.1, 0.15) is 0 Å². The van der Waals surface area contributed by atoms with Gasteiger partial charge in [-0.1, -0.05) is 23.2 Å². The van der Waals surface area contributed by atoms with Crippen LogP contribution in [0.1, 0.15) is 13.8 Å². The zero-order valence-electron chi connectivity index (χ0n) is 11.1. The van der Waals surface area contributed by atoms with E-state index in [2.05, 4.69) is 20.6 Å². The molecular formula is C13H15Cl2N5. The third-order valence-corrected chi connectivity index (χ3v) is 3.16. The first-order valence-electron chi connectivity index (χ1n) is 6.07. The maximum Gasteiger partial charge on any atom is 0.229 e. The summed E-state index contributed by atoms with van der Waals surface area (Å²) in [4.78, 5) is 8.46. The van der Waals surface area contributed by atoms with E-state index >= 15 is 0 Å². The van der Waals surface area contributed by atoms with Crippen molar-refractivity contribution in [3.8, 4) is 0 Å². The van der Waals surface area contributed by atoms with Crippen molar-refractivity contribution in [1.82, 2.24) is 9.97 Å². The van der Waals surface area contributed by atoms with E-state index in [1.807, 2.05) is 13.8 Å². The number of anilines is 4. The Kier molecular flexibility index (Phi) is 4.52. The average Bonchev–Trinajstić information content (AvgIpc) is 2.37. The Labute approximate surface area is 127 Å². The molecule has 0 aliphatic carbocycles. The maximum atomic E-state index is 5.96. The highest BCUT2D eigenvalue weighted by molar-refractivity contribution is 6.42. The molecule has 0 atom stereocenters. The van der Waals surface area contributed by atoms with E-state index in [9.17, 15) is 0 Å². The van der Waals surface area contributed by atoms with Crippen molar-refractivity contribution in [2.45, 2.75) is 19.9 Å². The molecule has 0 saturated carbocycles. The van der Waals surface area contributed by atoms with Crippen molar-refractivity contribution >= 4 is 46.3 Å². The highest BCUT2D eigenvalue weighted by Gasteiger charge is 2.07. The Balaban J connectivity index is 2.22. The van der Waals surface area contributed by atoms with Gasteiger partial charge in [0.2, 0.25) is 5.95 Å². The first-order chi connectivity index (χ1) is 9.45. The molecule has 0 radical (unpaired) electrons. The van der Waals surface area contributed by atoms with Gasteiger partial charge in [-0.15, -0.1) is 0 Å². The number of hydrogen-bond acceptors (Lipinski definition) is 5. The smallest absolute Gasteiger partial charge is 0.229 e. The van der Waals surface area contributed by atoms with E-state index in [4.69, 9.17) is 28.9 Å². The van der Waals surface area contributed by atoms with Crippen molar-refractivity contribution in [3.63, 3.8) is 0 Å². The standard InChI is InChI=1S/C13H15Cl2N5/c1-7(2)18-12-11(16)6-17-13(20-12)19-8-3-4-9(14)10(15)5-8/h3-7H,16H2,1-2H3,(H2,17,18,19,20). The van der Waals surface area contributed by atoms with E-state index in [1.165, 1.54) is 0 Å². The summed E-state index contributed by atoms with van der Waals surface area (Å²) in [6.45, 7) is 4.02. The van der Waals surface area contributed by atoms with Crippen molar-refractivity contribution in [2.24, 2.45) is 0 Å². The summed E-state index contributed by atoms with van der Waals surface area (Å²) in [6.07, 6.45) is 1.55. The van der Waals surface area contributed by atoms with Gasteiger partial charge in [0.05, 0.1) is 21.9 Å². The molecule has 0 aliphatic heterocycles. The summed E-state index contributed by atoms with van der Waals surface area (Å²) in [5.41, 5.74) is 7.07. The number of hydrogen-bond donors (Lipinski definition) is 3. The lowest BCUT2D eigenvalue weighted by Crippen LogP contribution is -2.14. The van der Waals surface area contributed by atoms with Crippen LogP contribution in [0.15, 0.2) is 24.4 Å². The third kappa shape index (κ3) is 3.65. The van der Waals surface area contributed by atoms with Crippen LogP contribution in [0.25, 0.3) is 0 Å². The fourth-order valence-electron chi connectivity index (χ4n) is 1.54. The zero-order chi connectivity index (χ0) is 14.7. The van der Waals surface area contributed by atoms with Crippen LogP contribution in [0.4, 0.5) is 23.1 Å². The fraction of sp³-hybridized carbons (Fsp3) is 0.231. The fourth-order valence-corrected chi connectivity index (χ4v) is 1.84. The number of benzene rings is 1. The predicted octanol–water partition coefficient (Wildman–Crippen LogP) is 3.93. The number of nitrogens with two attached hydrogens (primary N) is 1. The summed E-state index contributed by atoms with van der Waals surface area (Å²) in [6, 6.07) is 5.43. The molecule has 2 aromatic rings. The summed E-state index contributed by atoms with van der Waals surface area (Å²) in [5, 5.41) is 7.17. The van der Waals surface area contributed by atoms with E-state index in [0.29, 0.717) is 27.5 Å². The highest BCUT2D eigenvalue weighted by Crippen LogP contribution is 2.26. The lowest BCUT2D eigenvalue weighted by atomic mass is 10.3. The maximum absolute atomic E-state index is 5.96. The Bertz CT molecular complexity index is 616. The molecule has 0 unspecified atom stereocenters. The molecule has 0 bridgehead atoms. The number of halogens is 2. The van der Waals surface area contributed by atoms with Gasteiger partial charge in [0.15, 0.2) is 5.82 Å². The second-order valence-corrected chi connectivity index (χ2v) is 5.36. The molecule has 20 heavy (non-hydrogen) atoms. The minimum atomic E-state index is 0.227. The minimum Gasteiger partial charge on any atom is -0.394 e. The largest absolute Gasteiger partial charge is 0.394 e. The second-order valence-electron chi connectivity index (χ2n) is 4.55. The number of nitrogen functional groups attached to an aromatic ring is 1. The first kappa shape index (κ1) is 14.7. The van der Waals surface area contributed by atoms with Crippen LogP contribution in [0.3, 0.4) is 0 Å². The molecule has 0 aliphatic rings. The Hall–Kier alpha value is -1.72. The summed E-state index contributed by atoms with van der Waals surface area (Å²) in [5.74, 6) is 1.03. The zero-order valence-corrected chi connectivity index (χ0v) is 12.6. The highest BCUT2D eigenvalue weighted by atomic mass is 35.5. The minimum absolute atomic E-state index is 0.227. The van der Waals surface area contributed by atoms with Gasteiger partial charge in [-0.3, -0.25) is 0 Å². The van der Waals surface area contributed by atoms with Crippen LogP contribution >= 0.6 is 23.2 Å². The lowest BCUT2D eigenvalue weighted by Gasteiger charge is -2.13. The Morgan fingerprint density at radius 3 is 2.60 bits per heavy atom. The molecule has 2 rings (SSSR count). The molecule has 7 heteroatoms. The lowest BCUT2D eigenvalue weighted by molar-refractivity contribution is 0.888. The molecule has 0 spiro atoms. The molecule has 4 N–H and O–H groups in total. The third-order valence-electron chi connectivity index (χ3n) is 2.42. The molecule has 1 aromatic carbocycles. The van der Waals surface area contributed by atoms with Crippen molar-refractivity contribution in [2.75, 3.05) is 16.4 Å². The van der Waals surface area contributed by atoms with Gasteiger partial charge >= 0.3 is 0 Å². The number of rotatable bonds is 4. The topological polar surface area (TPSA) is 75.9 Å². The van der Waals surface area contributed by atoms with Gasteiger partial charge in [-0.2, -0.15) is 4.98 Å². The van der Waals surface area contributed by atoms with Crippen LogP contribution in [0.2, 0.25) is 10.0 Å². The van der Waals surface area contributed by atoms with Crippen LogP contribution in [-0.2, 0) is 0 Å². The molecule has 5 nitrogen and oxygen atoms in total. The van der Waals surface area contributed by atoms with Crippen LogP contribution in [0.5, 0.6) is 0 Å². The average molecular weight is 312 g/mol. The number of nitrogens with one attached hydrogen (secondary N) is 2. The SMILES string of the molecule is CC(C)Nc1nc(Nc2ccc(Cl)c(Cl)c2)ncc1N. The van der Waals surface area contributed by atoms with Crippen LogP contribution in [-0.4, -0.2) is 16.0 Å². The summed E-state index contributed by atoms with van der Waals surface area (Å²) in [7, 11) is 0. The Morgan fingerprint density at radius 2 is 1.95 bits per heavy atom. The predicted molar refractivity (Wildman–Crippen MR) is 84.9 cm³/mol. The molecule has 1 aromatic heterocycles. The van der Waals surface area contributed by atoms with Gasteiger partial charge in [0, 0.05) is 11.7 Å². The second kappa shape index (κ2) is 6.15. The molecule has 0 saturated heterocycles. The van der Waals surface area contributed by atoms with Crippen LogP contribution in [0, 0.1) is 0 Å². The molecule has 0 fully saturated rings. The van der Waals surface area contributed by atoms with Crippen LogP contribution < -0.4 is 16.4 Å². The molecule has 1 heterocycles.